The summed E-state index contributed by atoms with van der Waals surface area (Å²) in [6.45, 7) is 6.18. The Hall–Kier alpha value is -2.81. The lowest BCUT2D eigenvalue weighted by Gasteiger charge is -2.09. The number of Topliss-reactive ketones (excluding diaryl/α,β-unsaturated/α-hetero) is 1. The van der Waals surface area contributed by atoms with Crippen LogP contribution in [0.2, 0.25) is 0 Å². The van der Waals surface area contributed by atoms with Crippen molar-refractivity contribution in [3.05, 3.63) is 41.1 Å². The van der Waals surface area contributed by atoms with E-state index in [0.29, 0.717) is 23.1 Å². The van der Waals surface area contributed by atoms with Crippen LogP contribution in [0.25, 0.3) is 11.4 Å². The molecule has 0 aromatic carbocycles. The standard InChI is InChI=1S/C20H24N4O4S/c1-12-10-16(13(2)24(12)8-6-18(26)27-5)17(25)11-29-20-22-21-19(23(20)4)15-7-9-28-14(15)3/h7,9-10H,6,8,11H2,1-5H3. The van der Waals surface area contributed by atoms with Gasteiger partial charge in [-0.15, -0.1) is 10.2 Å². The molecule has 0 bridgehead atoms. The van der Waals surface area contributed by atoms with Gasteiger partial charge >= 0.3 is 5.97 Å². The Labute approximate surface area is 173 Å². The predicted molar refractivity (Wildman–Crippen MR) is 109 cm³/mol. The minimum atomic E-state index is -0.271. The van der Waals surface area contributed by atoms with Gasteiger partial charge in [-0.1, -0.05) is 11.8 Å². The van der Waals surface area contributed by atoms with E-state index >= 15 is 0 Å². The number of ether oxygens (including phenoxy) is 1. The van der Waals surface area contributed by atoms with Crippen LogP contribution in [0.3, 0.4) is 0 Å². The summed E-state index contributed by atoms with van der Waals surface area (Å²) < 4.78 is 13.9. The van der Waals surface area contributed by atoms with Gasteiger partial charge in [0.05, 0.1) is 31.1 Å². The van der Waals surface area contributed by atoms with E-state index in [1.165, 1.54) is 18.9 Å². The molecule has 0 saturated heterocycles. The number of ketones is 1. The van der Waals surface area contributed by atoms with E-state index in [1.54, 1.807) is 6.26 Å². The average Bonchev–Trinajstić information content (AvgIpc) is 3.36. The summed E-state index contributed by atoms with van der Waals surface area (Å²) in [5, 5.41) is 9.10. The van der Waals surface area contributed by atoms with Gasteiger partial charge in [0.25, 0.3) is 0 Å². The fourth-order valence-electron chi connectivity index (χ4n) is 3.23. The maximum absolute atomic E-state index is 12.8. The number of hydrogen-bond donors (Lipinski definition) is 0. The van der Waals surface area contributed by atoms with E-state index in [0.717, 1.165) is 22.7 Å². The number of nitrogens with zero attached hydrogens (tertiary/aromatic N) is 4. The number of thioether (sulfide) groups is 1. The van der Waals surface area contributed by atoms with Crippen molar-refractivity contribution in [2.45, 2.75) is 38.9 Å². The van der Waals surface area contributed by atoms with E-state index in [9.17, 15) is 9.59 Å². The first-order chi connectivity index (χ1) is 13.8. The molecule has 3 aromatic rings. The molecule has 0 saturated carbocycles. The van der Waals surface area contributed by atoms with Crippen LogP contribution in [0.1, 0.15) is 33.9 Å². The molecule has 0 aliphatic carbocycles. The smallest absolute Gasteiger partial charge is 0.307 e. The van der Waals surface area contributed by atoms with Crippen molar-refractivity contribution >= 4 is 23.5 Å². The van der Waals surface area contributed by atoms with Gasteiger partial charge in [0.15, 0.2) is 16.8 Å². The molecule has 0 amide bonds. The largest absolute Gasteiger partial charge is 0.469 e. The van der Waals surface area contributed by atoms with E-state index in [-0.39, 0.29) is 23.9 Å². The zero-order valence-corrected chi connectivity index (χ0v) is 18.0. The van der Waals surface area contributed by atoms with Crippen LogP contribution in [-0.4, -0.2) is 43.9 Å². The van der Waals surface area contributed by atoms with Gasteiger partial charge in [-0.3, -0.25) is 9.59 Å². The summed E-state index contributed by atoms with van der Waals surface area (Å²) in [7, 11) is 3.24. The second-order valence-corrected chi connectivity index (χ2v) is 7.67. The quantitative estimate of drug-likeness (QED) is 0.316. The Bertz CT molecular complexity index is 1050. The number of carbonyl (C=O) groups excluding carboxylic acids is 2. The first-order valence-electron chi connectivity index (χ1n) is 9.16. The van der Waals surface area contributed by atoms with Crippen LogP contribution in [-0.2, 0) is 23.1 Å². The Kier molecular flexibility index (Phi) is 6.26. The first kappa shape index (κ1) is 20.9. The summed E-state index contributed by atoms with van der Waals surface area (Å²) >= 11 is 1.35. The number of aromatic nitrogens is 4. The molecule has 0 fully saturated rings. The second kappa shape index (κ2) is 8.69. The number of esters is 1. The molecule has 3 aromatic heterocycles. The molecule has 154 valence electrons. The monoisotopic (exact) mass is 416 g/mol. The van der Waals surface area contributed by atoms with Gasteiger partial charge in [-0.05, 0) is 32.9 Å². The van der Waals surface area contributed by atoms with Gasteiger partial charge in [0, 0.05) is 30.5 Å². The maximum Gasteiger partial charge on any atom is 0.307 e. The van der Waals surface area contributed by atoms with Gasteiger partial charge < -0.3 is 18.3 Å². The third kappa shape index (κ3) is 4.29. The topological polar surface area (TPSA) is 92.2 Å². The molecule has 9 heteroatoms. The van der Waals surface area contributed by atoms with Gasteiger partial charge in [-0.2, -0.15) is 0 Å². The number of methoxy groups -OCH3 is 1. The summed E-state index contributed by atoms with van der Waals surface area (Å²) in [6.07, 6.45) is 1.88. The van der Waals surface area contributed by atoms with Gasteiger partial charge in [-0.25, -0.2) is 0 Å². The highest BCUT2D eigenvalue weighted by atomic mass is 32.2. The molecule has 0 aliphatic heterocycles. The number of carbonyl (C=O) groups is 2. The molecule has 0 N–H and O–H groups in total. The van der Waals surface area contributed by atoms with Crippen LogP contribution in [0.4, 0.5) is 0 Å². The van der Waals surface area contributed by atoms with Crippen molar-refractivity contribution in [2.75, 3.05) is 12.9 Å². The summed E-state index contributed by atoms with van der Waals surface area (Å²) in [5.41, 5.74) is 3.33. The van der Waals surface area contributed by atoms with Crippen molar-refractivity contribution in [2.24, 2.45) is 7.05 Å². The highest BCUT2D eigenvalue weighted by Gasteiger charge is 2.19. The van der Waals surface area contributed by atoms with E-state index in [1.807, 2.05) is 49.1 Å². The van der Waals surface area contributed by atoms with Crippen molar-refractivity contribution < 1.29 is 18.7 Å². The van der Waals surface area contributed by atoms with Gasteiger partial charge in [0.1, 0.15) is 5.76 Å². The molecule has 29 heavy (non-hydrogen) atoms. The molecule has 8 nitrogen and oxygen atoms in total. The average molecular weight is 417 g/mol. The lowest BCUT2D eigenvalue weighted by molar-refractivity contribution is -0.140. The van der Waals surface area contributed by atoms with Crippen molar-refractivity contribution in [3.63, 3.8) is 0 Å². The molecule has 0 atom stereocenters. The van der Waals surface area contributed by atoms with Crippen LogP contribution in [0.15, 0.2) is 28.0 Å². The van der Waals surface area contributed by atoms with E-state index in [2.05, 4.69) is 10.2 Å². The summed E-state index contributed by atoms with van der Waals surface area (Å²) in [5.74, 6) is 1.46. The molecule has 0 unspecified atom stereocenters. The normalized spacial score (nSPS) is 11.1. The lowest BCUT2D eigenvalue weighted by Crippen LogP contribution is -2.11. The molecule has 0 radical (unpaired) electrons. The van der Waals surface area contributed by atoms with Crippen LogP contribution in [0.5, 0.6) is 0 Å². The van der Waals surface area contributed by atoms with Gasteiger partial charge in [0.2, 0.25) is 0 Å². The summed E-state index contributed by atoms with van der Waals surface area (Å²) in [4.78, 5) is 24.2. The minimum Gasteiger partial charge on any atom is -0.469 e. The fraction of sp³-hybridized carbons (Fsp3) is 0.400. The Balaban J connectivity index is 1.70. The Morgan fingerprint density at radius 1 is 1.24 bits per heavy atom. The van der Waals surface area contributed by atoms with Crippen molar-refractivity contribution in [3.8, 4) is 11.4 Å². The zero-order chi connectivity index (χ0) is 21.1. The Morgan fingerprint density at radius 3 is 2.66 bits per heavy atom. The maximum atomic E-state index is 12.8. The molecule has 3 heterocycles. The predicted octanol–water partition coefficient (Wildman–Crippen LogP) is 3.34. The van der Waals surface area contributed by atoms with E-state index in [4.69, 9.17) is 9.15 Å². The van der Waals surface area contributed by atoms with Crippen LogP contribution in [0, 0.1) is 20.8 Å². The molecule has 0 spiro atoms. The van der Waals surface area contributed by atoms with Crippen molar-refractivity contribution in [1.82, 2.24) is 19.3 Å². The minimum absolute atomic E-state index is 0.0106. The third-order valence-corrected chi connectivity index (χ3v) is 5.93. The highest BCUT2D eigenvalue weighted by molar-refractivity contribution is 7.99. The van der Waals surface area contributed by atoms with E-state index < -0.39 is 0 Å². The molecule has 3 rings (SSSR count). The zero-order valence-electron chi connectivity index (χ0n) is 17.2. The van der Waals surface area contributed by atoms with Crippen LogP contribution >= 0.6 is 11.8 Å². The first-order valence-corrected chi connectivity index (χ1v) is 10.2. The SMILES string of the molecule is COC(=O)CCn1c(C)cc(C(=O)CSc2nnc(-c3ccoc3C)n2C)c1C. The molecule has 0 aliphatic rings. The van der Waals surface area contributed by atoms with Crippen LogP contribution < -0.4 is 0 Å². The highest BCUT2D eigenvalue weighted by Crippen LogP contribution is 2.27. The number of furan rings is 1. The number of rotatable bonds is 8. The number of hydrogen-bond acceptors (Lipinski definition) is 7. The van der Waals surface area contributed by atoms with Crippen molar-refractivity contribution in [1.29, 1.82) is 0 Å². The fourth-order valence-corrected chi connectivity index (χ4v) is 4.03. The molecular formula is C20H24N4O4S. The lowest BCUT2D eigenvalue weighted by atomic mass is 10.2. The second-order valence-electron chi connectivity index (χ2n) is 6.73. The summed E-state index contributed by atoms with van der Waals surface area (Å²) in [6, 6.07) is 3.72. The molecular weight excluding hydrogens is 392 g/mol. The number of aryl methyl sites for hydroxylation is 2. The Morgan fingerprint density at radius 2 is 2.00 bits per heavy atom. The third-order valence-electron chi connectivity index (χ3n) is 4.91.